The Morgan fingerprint density at radius 1 is 0.225 bits per heavy atom. The van der Waals surface area contributed by atoms with Crippen LogP contribution in [0, 0.1) is 0 Å². The minimum absolute atomic E-state index is 0.752. The van der Waals surface area contributed by atoms with E-state index in [9.17, 15) is 0 Å². The van der Waals surface area contributed by atoms with Crippen molar-refractivity contribution in [1.82, 2.24) is 9.13 Å². The normalized spacial score (nSPS) is 12.0. The average molecular weight is 1020 g/mol. The van der Waals surface area contributed by atoms with Gasteiger partial charge in [0.25, 0.3) is 0 Å². The third-order valence-electron chi connectivity index (χ3n) is 16.4. The van der Waals surface area contributed by atoms with Crippen LogP contribution in [0.1, 0.15) is 0 Å². The van der Waals surface area contributed by atoms with E-state index < -0.39 is 0 Å². The molecule has 0 fully saturated rings. The molecule has 0 atom stereocenters. The quantitative estimate of drug-likeness (QED) is 0.152. The van der Waals surface area contributed by atoms with Crippen molar-refractivity contribution in [2.24, 2.45) is 0 Å². The lowest BCUT2D eigenvalue weighted by atomic mass is 10.0. The van der Waals surface area contributed by atoms with E-state index in [0.717, 1.165) is 111 Å². The number of para-hydroxylation sites is 6. The number of rotatable bonds is 8. The van der Waals surface area contributed by atoms with Gasteiger partial charge in [0.2, 0.25) is 0 Å². The van der Waals surface area contributed by atoms with Crippen LogP contribution in [0.25, 0.3) is 120 Å². The summed E-state index contributed by atoms with van der Waals surface area (Å²) in [4.78, 5) is 4.71. The Morgan fingerprint density at radius 2 is 0.588 bits per heavy atom. The molecule has 0 saturated heterocycles. The molecule has 0 aliphatic carbocycles. The Balaban J connectivity index is 0.764. The lowest BCUT2D eigenvalue weighted by Crippen LogP contribution is -2.09. The highest BCUT2D eigenvalue weighted by Crippen LogP contribution is 2.46. The highest BCUT2D eigenvalue weighted by Gasteiger charge is 2.22. The maximum Gasteiger partial charge on any atom is 0.178 e. The van der Waals surface area contributed by atoms with E-state index in [1.807, 2.05) is 0 Å². The molecule has 0 N–H and O–H groups in total. The predicted molar refractivity (Wildman–Crippen MR) is 334 cm³/mol. The van der Waals surface area contributed by atoms with E-state index in [0.29, 0.717) is 0 Å². The summed E-state index contributed by atoms with van der Waals surface area (Å²) in [6, 6.07) is 100. The van der Waals surface area contributed by atoms with Gasteiger partial charge in [-0.2, -0.15) is 0 Å². The van der Waals surface area contributed by atoms with Crippen LogP contribution in [-0.4, -0.2) is 9.13 Å². The molecular formula is C74H46N4O2. The van der Waals surface area contributed by atoms with Gasteiger partial charge in [0.05, 0.1) is 22.1 Å². The molecule has 6 heteroatoms. The Kier molecular flexibility index (Phi) is 9.61. The van der Waals surface area contributed by atoms with Gasteiger partial charge >= 0.3 is 0 Å². The summed E-state index contributed by atoms with van der Waals surface area (Å²) in [5, 5.41) is 13.4. The lowest BCUT2D eigenvalue weighted by Gasteiger charge is -2.26. The van der Waals surface area contributed by atoms with Gasteiger partial charge in [0.1, 0.15) is 11.2 Å². The molecule has 0 aliphatic heterocycles. The van der Waals surface area contributed by atoms with Gasteiger partial charge in [-0.3, -0.25) is 0 Å². The molecule has 0 radical (unpaired) electrons. The predicted octanol–water partition coefficient (Wildman–Crippen LogP) is 20.9. The van der Waals surface area contributed by atoms with E-state index in [1.54, 1.807) is 0 Å². The van der Waals surface area contributed by atoms with Gasteiger partial charge in [-0.15, -0.1) is 0 Å². The minimum Gasteiger partial charge on any atom is -0.452 e. The Hall–Kier alpha value is -10.8. The first kappa shape index (κ1) is 44.3. The Labute approximate surface area is 459 Å². The van der Waals surface area contributed by atoms with Gasteiger partial charge in [-0.05, 0) is 179 Å². The molecule has 80 heavy (non-hydrogen) atoms. The fourth-order valence-electron chi connectivity index (χ4n) is 12.8. The molecule has 0 saturated carbocycles. The van der Waals surface area contributed by atoms with Gasteiger partial charge in [0, 0.05) is 88.6 Å². The SMILES string of the molecule is c1ccc(N(c2ccc3cc4c(cc3c2)oc2c4ccc3c4cc5ccc(N(c6ccccc6)c6ccc7c(c6)c6ccccc6n7-c6ccccc6)cc5cc4oc32)c2ccc3c(c2)c2ccccc2n3-c2ccccc2)cc1. The Morgan fingerprint density at radius 3 is 1.02 bits per heavy atom. The zero-order valence-electron chi connectivity index (χ0n) is 43.2. The zero-order valence-corrected chi connectivity index (χ0v) is 43.2. The van der Waals surface area contributed by atoms with Crippen LogP contribution < -0.4 is 9.80 Å². The molecule has 374 valence electrons. The van der Waals surface area contributed by atoms with Crippen LogP contribution in [0.3, 0.4) is 0 Å². The van der Waals surface area contributed by atoms with E-state index in [4.69, 9.17) is 8.83 Å². The van der Waals surface area contributed by atoms with Crippen molar-refractivity contribution >= 4 is 143 Å². The number of aromatic nitrogens is 2. The van der Waals surface area contributed by atoms with E-state index in [1.165, 1.54) is 43.6 Å². The van der Waals surface area contributed by atoms with Crippen molar-refractivity contribution in [3.05, 3.63) is 279 Å². The monoisotopic (exact) mass is 1020 g/mol. The number of benzene rings is 13. The highest BCUT2D eigenvalue weighted by atomic mass is 16.4. The maximum absolute atomic E-state index is 6.91. The number of hydrogen-bond donors (Lipinski definition) is 0. The van der Waals surface area contributed by atoms with Crippen molar-refractivity contribution in [3.8, 4) is 11.4 Å². The van der Waals surface area contributed by atoms with Gasteiger partial charge in [-0.25, -0.2) is 0 Å². The third-order valence-corrected chi connectivity index (χ3v) is 16.4. The topological polar surface area (TPSA) is 42.6 Å². The number of furan rings is 2. The highest BCUT2D eigenvalue weighted by molar-refractivity contribution is 6.22. The summed E-state index contributed by atoms with van der Waals surface area (Å²) >= 11 is 0. The summed E-state index contributed by atoms with van der Waals surface area (Å²) in [7, 11) is 0. The van der Waals surface area contributed by atoms with Gasteiger partial charge in [0.15, 0.2) is 11.2 Å². The fourth-order valence-corrected chi connectivity index (χ4v) is 12.8. The summed E-state index contributed by atoms with van der Waals surface area (Å²) in [5.74, 6) is 0. The first-order chi connectivity index (χ1) is 39.6. The standard InChI is InChI=1S/C74H46N4O2/c1-5-17-51(18-6-1)75(57-33-37-69-63(45-57)59-25-13-15-27-67(59)77(69)53-21-9-3-10-22-53)55-31-29-47-41-65-61-35-36-62-66-42-48-30-32-56(40-50(48)44-72(66)80-74(62)73(61)79-71(65)43-49(47)39-55)76(52-19-7-2-8-20-52)58-34-38-70-64(46-58)60-26-14-16-28-68(60)78(70)54-23-11-4-12-24-54/h1-46H. The van der Waals surface area contributed by atoms with Crippen LogP contribution in [0.2, 0.25) is 0 Å². The minimum atomic E-state index is 0.752. The molecule has 17 aromatic rings. The van der Waals surface area contributed by atoms with Crippen molar-refractivity contribution in [2.45, 2.75) is 0 Å². The number of hydrogen-bond acceptors (Lipinski definition) is 4. The average Bonchev–Trinajstić information content (AvgIpc) is 4.36. The first-order valence-corrected chi connectivity index (χ1v) is 27.2. The van der Waals surface area contributed by atoms with Crippen LogP contribution >= 0.6 is 0 Å². The summed E-state index contributed by atoms with van der Waals surface area (Å²) in [5.41, 5.74) is 16.5. The molecule has 0 bridgehead atoms. The van der Waals surface area contributed by atoms with Crippen LogP contribution in [0.4, 0.5) is 34.1 Å². The second-order valence-corrected chi connectivity index (χ2v) is 20.9. The van der Waals surface area contributed by atoms with E-state index in [2.05, 4.69) is 298 Å². The van der Waals surface area contributed by atoms with Gasteiger partial charge in [-0.1, -0.05) is 121 Å². The molecule has 0 spiro atoms. The van der Waals surface area contributed by atoms with Crippen molar-refractivity contribution < 1.29 is 8.83 Å². The van der Waals surface area contributed by atoms with Crippen LogP contribution in [0.5, 0.6) is 0 Å². The summed E-state index contributed by atoms with van der Waals surface area (Å²) in [6.07, 6.45) is 0. The molecular weight excluding hydrogens is 977 g/mol. The largest absolute Gasteiger partial charge is 0.452 e. The number of nitrogens with zero attached hydrogens (tertiary/aromatic N) is 4. The molecule has 6 nitrogen and oxygen atoms in total. The molecule has 0 unspecified atom stereocenters. The molecule has 17 rings (SSSR count). The molecule has 13 aromatic carbocycles. The van der Waals surface area contributed by atoms with Gasteiger partial charge < -0.3 is 27.8 Å². The maximum atomic E-state index is 6.91. The second-order valence-electron chi connectivity index (χ2n) is 20.9. The lowest BCUT2D eigenvalue weighted by molar-refractivity contribution is 0.634. The zero-order chi connectivity index (χ0) is 52.4. The van der Waals surface area contributed by atoms with Crippen molar-refractivity contribution in [1.29, 1.82) is 0 Å². The van der Waals surface area contributed by atoms with Crippen LogP contribution in [-0.2, 0) is 0 Å². The van der Waals surface area contributed by atoms with E-state index in [-0.39, 0.29) is 0 Å². The number of fused-ring (bicyclic) bond motifs is 15. The molecule has 0 aliphatic rings. The Bertz CT molecular complexity index is 4970. The van der Waals surface area contributed by atoms with E-state index >= 15 is 0 Å². The van der Waals surface area contributed by atoms with Crippen LogP contribution in [0.15, 0.2) is 288 Å². The first-order valence-electron chi connectivity index (χ1n) is 27.2. The fraction of sp³-hybridized carbons (Fsp3) is 0. The number of anilines is 6. The third kappa shape index (κ3) is 6.79. The molecule has 4 heterocycles. The smallest absolute Gasteiger partial charge is 0.178 e. The summed E-state index contributed by atoms with van der Waals surface area (Å²) in [6.45, 7) is 0. The van der Waals surface area contributed by atoms with Crippen molar-refractivity contribution in [3.63, 3.8) is 0 Å². The molecule has 0 amide bonds. The summed E-state index contributed by atoms with van der Waals surface area (Å²) < 4.78 is 18.6. The second kappa shape index (κ2) is 17.3. The molecule has 4 aromatic heterocycles. The van der Waals surface area contributed by atoms with Crippen molar-refractivity contribution in [2.75, 3.05) is 9.80 Å².